The van der Waals surface area contributed by atoms with Gasteiger partial charge in [-0.05, 0) is 49.3 Å². The number of benzene rings is 2. The predicted octanol–water partition coefficient (Wildman–Crippen LogP) is 4.52. The predicted molar refractivity (Wildman–Crippen MR) is 149 cm³/mol. The molecule has 2 aromatic heterocycles. The molecule has 1 N–H and O–H groups in total. The van der Waals surface area contributed by atoms with E-state index in [9.17, 15) is 19.2 Å². The number of esters is 1. The van der Waals surface area contributed by atoms with Crippen LogP contribution in [0.15, 0.2) is 46.0 Å². The Bertz CT molecular complexity index is 1630. The molecule has 4 aromatic rings. The van der Waals surface area contributed by atoms with Crippen molar-refractivity contribution < 1.29 is 28.3 Å². The first-order valence-electron chi connectivity index (χ1n) is 12.9. The van der Waals surface area contributed by atoms with Crippen molar-refractivity contribution in [2.45, 2.75) is 37.8 Å². The van der Waals surface area contributed by atoms with Gasteiger partial charge < -0.3 is 14.5 Å². The topological polar surface area (TPSA) is 132 Å². The number of hydrogen-bond donors (Lipinski definition) is 1. The second kappa shape index (κ2) is 10.9. The lowest BCUT2D eigenvalue weighted by Gasteiger charge is -2.26. The number of anilines is 1. The number of thiophene rings is 1. The van der Waals surface area contributed by atoms with Crippen molar-refractivity contribution >= 4 is 62.6 Å². The summed E-state index contributed by atoms with van der Waals surface area (Å²) in [5.74, 6) is -1.20. The van der Waals surface area contributed by atoms with E-state index in [0.29, 0.717) is 27.1 Å². The average Bonchev–Trinajstić information content (AvgIpc) is 3.67. The first kappa shape index (κ1) is 26.2. The first-order valence-corrected chi connectivity index (χ1v) is 14.7. The number of carbonyl (C=O) groups excluding carboxylic acids is 4. The maximum Gasteiger partial charge on any atom is 0.341 e. The molecule has 0 fully saturated rings. The van der Waals surface area contributed by atoms with Gasteiger partial charge in [-0.25, -0.2) is 4.79 Å². The highest BCUT2D eigenvalue weighted by molar-refractivity contribution is 7.99. The summed E-state index contributed by atoms with van der Waals surface area (Å²) in [7, 11) is 0. The Morgan fingerprint density at radius 2 is 1.85 bits per heavy atom. The summed E-state index contributed by atoms with van der Waals surface area (Å²) < 4.78 is 10.9. The highest BCUT2D eigenvalue weighted by Gasteiger charge is 2.33. The summed E-state index contributed by atoms with van der Waals surface area (Å²) in [5.41, 5.74) is 2.40. The van der Waals surface area contributed by atoms with Crippen LogP contribution in [0.4, 0.5) is 5.00 Å². The van der Waals surface area contributed by atoms with Crippen LogP contribution in [-0.2, 0) is 28.8 Å². The molecule has 3 heterocycles. The Hall–Kier alpha value is -4.03. The number of nitrogens with one attached hydrogen (secondary N) is 1. The van der Waals surface area contributed by atoms with E-state index in [1.54, 1.807) is 31.2 Å². The largest absolute Gasteiger partial charge is 0.462 e. The highest BCUT2D eigenvalue weighted by atomic mass is 32.2. The van der Waals surface area contributed by atoms with E-state index in [-0.39, 0.29) is 54.2 Å². The molecule has 40 heavy (non-hydrogen) atoms. The van der Waals surface area contributed by atoms with Gasteiger partial charge in [0.25, 0.3) is 17.0 Å². The summed E-state index contributed by atoms with van der Waals surface area (Å²) in [6.45, 7) is 2.09. The maximum absolute atomic E-state index is 13.1. The molecule has 204 valence electrons. The van der Waals surface area contributed by atoms with Crippen molar-refractivity contribution in [2.75, 3.05) is 24.2 Å². The van der Waals surface area contributed by atoms with Crippen molar-refractivity contribution in [1.82, 2.24) is 15.1 Å². The molecule has 0 radical (unpaired) electrons. The van der Waals surface area contributed by atoms with E-state index >= 15 is 0 Å². The zero-order valence-electron chi connectivity index (χ0n) is 21.5. The van der Waals surface area contributed by atoms with Crippen molar-refractivity contribution in [2.24, 2.45) is 0 Å². The van der Waals surface area contributed by atoms with E-state index in [2.05, 4.69) is 15.5 Å². The number of carbonyl (C=O) groups is 4. The monoisotopic (exact) mass is 576 g/mol. The number of amides is 3. The lowest BCUT2D eigenvalue weighted by molar-refractivity contribution is -0.113. The fourth-order valence-electron chi connectivity index (χ4n) is 5.09. The maximum atomic E-state index is 13.1. The molecular formula is C28H24N4O6S2. The van der Waals surface area contributed by atoms with Crippen LogP contribution in [0.1, 0.15) is 60.7 Å². The van der Waals surface area contributed by atoms with Gasteiger partial charge in [0.15, 0.2) is 0 Å². The standard InChI is InChI=1S/C28H24N4O6S2/c1-2-37-27(36)23-16-8-5-11-19(16)40-24(23)29-20(33)14-39-28-31-30-21(38-28)12-13-32-25(34)17-9-3-6-15-7-4-10-18(22(15)17)26(32)35/h3-4,6-7,9-10H,2,5,8,11-14H2,1H3,(H,29,33). The fourth-order valence-corrected chi connectivity index (χ4v) is 6.96. The van der Waals surface area contributed by atoms with Crippen molar-refractivity contribution in [1.29, 1.82) is 0 Å². The summed E-state index contributed by atoms with van der Waals surface area (Å²) >= 11 is 2.48. The van der Waals surface area contributed by atoms with Gasteiger partial charge in [-0.1, -0.05) is 36.0 Å². The summed E-state index contributed by atoms with van der Waals surface area (Å²) in [4.78, 5) is 53.7. The number of hydrogen-bond acceptors (Lipinski definition) is 10. The van der Waals surface area contributed by atoms with Crippen LogP contribution in [0.5, 0.6) is 0 Å². The molecule has 3 amide bonds. The number of fused-ring (bicyclic) bond motifs is 1. The highest BCUT2D eigenvalue weighted by Crippen LogP contribution is 2.39. The van der Waals surface area contributed by atoms with Crippen LogP contribution in [0.3, 0.4) is 0 Å². The minimum atomic E-state index is -0.419. The Morgan fingerprint density at radius 3 is 2.58 bits per heavy atom. The Labute approximate surface area is 237 Å². The number of rotatable bonds is 9. The van der Waals surface area contributed by atoms with Crippen LogP contribution in [0.2, 0.25) is 0 Å². The number of imide groups is 1. The van der Waals surface area contributed by atoms with Crippen molar-refractivity contribution in [3.8, 4) is 0 Å². The van der Waals surface area contributed by atoms with Crippen LogP contribution in [0.25, 0.3) is 10.8 Å². The minimum absolute atomic E-state index is 0.00362. The van der Waals surface area contributed by atoms with Crippen molar-refractivity contribution in [3.05, 3.63) is 69.4 Å². The quantitative estimate of drug-likeness (QED) is 0.174. The first-order chi connectivity index (χ1) is 19.4. The Kier molecular flexibility index (Phi) is 7.11. The molecule has 1 aliphatic heterocycles. The van der Waals surface area contributed by atoms with E-state index in [0.717, 1.165) is 46.9 Å². The van der Waals surface area contributed by atoms with Gasteiger partial charge >= 0.3 is 5.97 Å². The fraction of sp³-hybridized carbons (Fsp3) is 0.286. The second-order valence-electron chi connectivity index (χ2n) is 9.30. The number of nitrogens with zero attached hydrogens (tertiary/aromatic N) is 3. The molecule has 12 heteroatoms. The molecule has 0 spiro atoms. The third kappa shape index (κ3) is 4.77. The van der Waals surface area contributed by atoms with Crippen LogP contribution >= 0.6 is 23.1 Å². The molecule has 2 aromatic carbocycles. The Balaban J connectivity index is 1.07. The number of aryl methyl sites for hydroxylation is 1. The molecule has 6 rings (SSSR count). The molecule has 10 nitrogen and oxygen atoms in total. The van der Waals surface area contributed by atoms with Gasteiger partial charge in [0, 0.05) is 34.4 Å². The van der Waals surface area contributed by atoms with Gasteiger partial charge in [0.2, 0.25) is 11.8 Å². The molecule has 2 aliphatic rings. The molecule has 0 bridgehead atoms. The van der Waals surface area contributed by atoms with Gasteiger partial charge in [0.05, 0.1) is 17.9 Å². The molecule has 0 atom stereocenters. The van der Waals surface area contributed by atoms with Crippen molar-refractivity contribution in [3.63, 3.8) is 0 Å². The SMILES string of the molecule is CCOC(=O)c1c(NC(=O)CSc2nnc(CCN3C(=O)c4cccc5cccc(c45)C3=O)o2)sc2c1CCC2. The van der Waals surface area contributed by atoms with Gasteiger partial charge in [-0.3, -0.25) is 19.3 Å². The molecule has 0 saturated heterocycles. The Morgan fingerprint density at radius 1 is 1.10 bits per heavy atom. The van der Waals surface area contributed by atoms with E-state index in [1.165, 1.54) is 16.2 Å². The zero-order valence-corrected chi connectivity index (χ0v) is 23.2. The normalized spacial score (nSPS) is 14.1. The van der Waals surface area contributed by atoms with Crippen LogP contribution in [-0.4, -0.2) is 57.7 Å². The smallest absolute Gasteiger partial charge is 0.341 e. The molecule has 0 unspecified atom stereocenters. The summed E-state index contributed by atoms with van der Waals surface area (Å²) in [6.07, 6.45) is 2.85. The second-order valence-corrected chi connectivity index (χ2v) is 11.3. The number of aromatic nitrogens is 2. The summed E-state index contributed by atoms with van der Waals surface area (Å²) in [5, 5.41) is 13.0. The van der Waals surface area contributed by atoms with Gasteiger partial charge in [0.1, 0.15) is 5.00 Å². The third-order valence-electron chi connectivity index (χ3n) is 6.83. The molecule has 1 aliphatic carbocycles. The summed E-state index contributed by atoms with van der Waals surface area (Å²) in [6, 6.07) is 10.8. The molecule has 0 saturated carbocycles. The lowest BCUT2D eigenvalue weighted by Crippen LogP contribution is -2.41. The lowest BCUT2D eigenvalue weighted by atomic mass is 9.94. The van der Waals surface area contributed by atoms with E-state index < -0.39 is 5.97 Å². The average molecular weight is 577 g/mol. The number of thioether (sulfide) groups is 1. The molecular weight excluding hydrogens is 552 g/mol. The van der Waals surface area contributed by atoms with E-state index in [4.69, 9.17) is 9.15 Å². The number of ether oxygens (including phenoxy) is 1. The van der Waals surface area contributed by atoms with Crippen LogP contribution in [0, 0.1) is 0 Å². The van der Waals surface area contributed by atoms with Crippen LogP contribution < -0.4 is 5.32 Å². The zero-order chi connectivity index (χ0) is 27.8. The van der Waals surface area contributed by atoms with Gasteiger partial charge in [-0.2, -0.15) is 0 Å². The van der Waals surface area contributed by atoms with Gasteiger partial charge in [-0.15, -0.1) is 21.5 Å². The minimum Gasteiger partial charge on any atom is -0.462 e. The van der Waals surface area contributed by atoms with E-state index in [1.807, 2.05) is 12.1 Å². The third-order valence-corrected chi connectivity index (χ3v) is 8.86.